The van der Waals surface area contributed by atoms with Crippen LogP contribution in [-0.2, 0) is 4.79 Å². The Bertz CT molecular complexity index is 978. The van der Waals surface area contributed by atoms with Crippen LogP contribution in [0.3, 0.4) is 0 Å². The van der Waals surface area contributed by atoms with Crippen LogP contribution >= 0.6 is 0 Å². The summed E-state index contributed by atoms with van der Waals surface area (Å²) >= 11 is 0. The molecule has 0 aromatic heterocycles. The maximum absolute atomic E-state index is 12.6. The standard InChI is InChI=1S/C58H111NO4/c1-3-5-7-9-11-13-15-17-19-21-23-25-27-29-31-32-34-36-38-40-42-44-46-48-50-52-56(61)55(54-60)59-58(63)57(62)53-51-49-47-45-43-41-39-37-35-33-30-28-26-24-22-20-18-16-14-12-10-8-6-4-2/h24,26,30,33,50,52,55-57,60-62H,3-23,25,27-29,31-32,34-49,51,53-54H2,1-2H3,(H,59,63)/b26-24-,33-30-,52-50+. The zero-order chi connectivity index (χ0) is 45.8. The van der Waals surface area contributed by atoms with Gasteiger partial charge in [-0.25, -0.2) is 0 Å². The summed E-state index contributed by atoms with van der Waals surface area (Å²) in [5, 5.41) is 33.4. The van der Waals surface area contributed by atoms with E-state index in [0.717, 1.165) is 38.5 Å². The largest absolute Gasteiger partial charge is 0.394 e. The van der Waals surface area contributed by atoms with E-state index in [9.17, 15) is 20.1 Å². The summed E-state index contributed by atoms with van der Waals surface area (Å²) in [6.45, 7) is 4.21. The highest BCUT2D eigenvalue weighted by molar-refractivity contribution is 5.80. The average molecular weight is 887 g/mol. The molecule has 0 saturated carbocycles. The van der Waals surface area contributed by atoms with Crippen LogP contribution in [0, 0.1) is 0 Å². The number of carbonyl (C=O) groups is 1. The number of rotatable bonds is 52. The van der Waals surface area contributed by atoms with E-state index in [2.05, 4.69) is 43.5 Å². The fourth-order valence-electron chi connectivity index (χ4n) is 8.81. The highest BCUT2D eigenvalue weighted by atomic mass is 16.3. The summed E-state index contributed by atoms with van der Waals surface area (Å²) in [6.07, 6.45) is 69.3. The minimum Gasteiger partial charge on any atom is -0.394 e. The van der Waals surface area contributed by atoms with E-state index in [4.69, 9.17) is 0 Å². The van der Waals surface area contributed by atoms with Gasteiger partial charge in [0, 0.05) is 0 Å². The molecule has 0 rings (SSSR count). The van der Waals surface area contributed by atoms with E-state index in [1.807, 2.05) is 6.08 Å². The molecule has 0 bridgehead atoms. The Kier molecular flexibility index (Phi) is 52.0. The van der Waals surface area contributed by atoms with Crippen LogP contribution in [0.2, 0.25) is 0 Å². The number of hydrogen-bond acceptors (Lipinski definition) is 4. The summed E-state index contributed by atoms with van der Waals surface area (Å²) in [7, 11) is 0. The lowest BCUT2D eigenvalue weighted by molar-refractivity contribution is -0.131. The Morgan fingerprint density at radius 3 is 1.00 bits per heavy atom. The molecule has 0 fully saturated rings. The Labute approximate surface area is 394 Å². The monoisotopic (exact) mass is 886 g/mol. The predicted molar refractivity (Wildman–Crippen MR) is 278 cm³/mol. The zero-order valence-electron chi connectivity index (χ0n) is 42.5. The molecule has 63 heavy (non-hydrogen) atoms. The third-order valence-electron chi connectivity index (χ3n) is 13.2. The summed E-state index contributed by atoms with van der Waals surface area (Å²) < 4.78 is 0. The molecule has 0 spiro atoms. The summed E-state index contributed by atoms with van der Waals surface area (Å²) in [5.41, 5.74) is 0. The Hall–Kier alpha value is -1.43. The fraction of sp³-hybridized carbons (Fsp3) is 0.879. The smallest absolute Gasteiger partial charge is 0.249 e. The molecule has 3 unspecified atom stereocenters. The first-order valence-electron chi connectivity index (χ1n) is 28.3. The van der Waals surface area contributed by atoms with Gasteiger partial charge >= 0.3 is 0 Å². The normalized spacial score (nSPS) is 13.5. The van der Waals surface area contributed by atoms with E-state index < -0.39 is 24.2 Å². The first-order chi connectivity index (χ1) is 31.1. The molecule has 0 aliphatic rings. The van der Waals surface area contributed by atoms with Crippen LogP contribution < -0.4 is 5.32 Å². The van der Waals surface area contributed by atoms with Crippen molar-refractivity contribution in [1.29, 1.82) is 0 Å². The number of unbranched alkanes of at least 4 members (excludes halogenated alkanes) is 40. The SMILES string of the molecule is CCCCCCCCCCC/C=C\C/C=C\CCCCCCCCCCC(O)C(=O)NC(CO)C(O)/C=C/CCCCCCCCCCCCCCCCCCCCCCCCC. The molecule has 0 aromatic carbocycles. The summed E-state index contributed by atoms with van der Waals surface area (Å²) in [4.78, 5) is 12.6. The number of allylic oxidation sites excluding steroid dienone is 5. The van der Waals surface area contributed by atoms with Gasteiger partial charge < -0.3 is 20.6 Å². The van der Waals surface area contributed by atoms with Crippen molar-refractivity contribution in [2.45, 2.75) is 321 Å². The molecule has 5 nitrogen and oxygen atoms in total. The topological polar surface area (TPSA) is 89.8 Å². The van der Waals surface area contributed by atoms with Gasteiger partial charge in [0.25, 0.3) is 0 Å². The van der Waals surface area contributed by atoms with Crippen molar-refractivity contribution >= 4 is 5.91 Å². The molecule has 0 aliphatic carbocycles. The third kappa shape index (κ3) is 48.3. The van der Waals surface area contributed by atoms with Crippen LogP contribution in [-0.4, -0.2) is 46.1 Å². The summed E-state index contributed by atoms with van der Waals surface area (Å²) in [5.74, 6) is -0.504. The van der Waals surface area contributed by atoms with Gasteiger partial charge in [-0.1, -0.05) is 288 Å². The summed E-state index contributed by atoms with van der Waals surface area (Å²) in [6, 6.07) is -0.802. The second kappa shape index (κ2) is 53.2. The molecular formula is C58H111NO4. The second-order valence-electron chi connectivity index (χ2n) is 19.5. The first-order valence-corrected chi connectivity index (χ1v) is 28.3. The van der Waals surface area contributed by atoms with Crippen molar-refractivity contribution in [2.75, 3.05) is 6.61 Å². The highest BCUT2D eigenvalue weighted by Gasteiger charge is 2.22. The van der Waals surface area contributed by atoms with Crippen LogP contribution in [0.25, 0.3) is 0 Å². The number of carbonyl (C=O) groups excluding carboxylic acids is 1. The van der Waals surface area contributed by atoms with Gasteiger partial charge in [-0.15, -0.1) is 0 Å². The minimum atomic E-state index is -1.10. The van der Waals surface area contributed by atoms with Gasteiger partial charge in [0.2, 0.25) is 5.91 Å². The molecule has 0 radical (unpaired) electrons. The Balaban J connectivity index is 3.59. The molecule has 372 valence electrons. The van der Waals surface area contributed by atoms with Gasteiger partial charge in [0.15, 0.2) is 0 Å². The average Bonchev–Trinajstić information content (AvgIpc) is 3.29. The van der Waals surface area contributed by atoms with Crippen molar-refractivity contribution in [3.63, 3.8) is 0 Å². The number of aliphatic hydroxyl groups excluding tert-OH is 3. The maximum atomic E-state index is 12.6. The molecule has 4 N–H and O–H groups in total. The molecule has 0 heterocycles. The van der Waals surface area contributed by atoms with Crippen molar-refractivity contribution < 1.29 is 20.1 Å². The molecule has 5 heteroatoms. The maximum Gasteiger partial charge on any atom is 0.249 e. The number of nitrogens with one attached hydrogen (secondary N) is 1. The first kappa shape index (κ1) is 61.6. The molecule has 3 atom stereocenters. The van der Waals surface area contributed by atoms with Crippen LogP contribution in [0.15, 0.2) is 36.5 Å². The van der Waals surface area contributed by atoms with Gasteiger partial charge in [0.05, 0.1) is 18.8 Å². The van der Waals surface area contributed by atoms with Crippen LogP contribution in [0.4, 0.5) is 0 Å². The van der Waals surface area contributed by atoms with Gasteiger partial charge in [-0.2, -0.15) is 0 Å². The van der Waals surface area contributed by atoms with E-state index >= 15 is 0 Å². The Morgan fingerprint density at radius 2 is 0.683 bits per heavy atom. The quantitative estimate of drug-likeness (QED) is 0.0362. The second-order valence-corrected chi connectivity index (χ2v) is 19.5. The van der Waals surface area contributed by atoms with E-state index in [1.54, 1.807) is 6.08 Å². The molecule has 1 amide bonds. The number of aliphatic hydroxyl groups is 3. The van der Waals surface area contributed by atoms with Crippen molar-refractivity contribution in [3.05, 3.63) is 36.5 Å². The lowest BCUT2D eigenvalue weighted by Crippen LogP contribution is -2.48. The molecular weight excluding hydrogens is 775 g/mol. The predicted octanol–water partition coefficient (Wildman–Crippen LogP) is 17.4. The van der Waals surface area contributed by atoms with Crippen molar-refractivity contribution in [3.8, 4) is 0 Å². The molecule has 0 aromatic rings. The van der Waals surface area contributed by atoms with E-state index in [1.165, 1.54) is 244 Å². The van der Waals surface area contributed by atoms with E-state index in [-0.39, 0.29) is 6.61 Å². The Morgan fingerprint density at radius 1 is 0.397 bits per heavy atom. The molecule has 0 saturated heterocycles. The highest BCUT2D eigenvalue weighted by Crippen LogP contribution is 2.17. The fourth-order valence-corrected chi connectivity index (χ4v) is 8.81. The molecule has 0 aliphatic heterocycles. The van der Waals surface area contributed by atoms with E-state index in [0.29, 0.717) is 6.42 Å². The lowest BCUT2D eigenvalue weighted by Gasteiger charge is -2.21. The minimum absolute atomic E-state index is 0.365. The van der Waals surface area contributed by atoms with Crippen LogP contribution in [0.1, 0.15) is 303 Å². The van der Waals surface area contributed by atoms with Crippen molar-refractivity contribution in [2.24, 2.45) is 0 Å². The number of hydrogen-bond donors (Lipinski definition) is 4. The van der Waals surface area contributed by atoms with Gasteiger partial charge in [-0.3, -0.25) is 4.79 Å². The lowest BCUT2D eigenvalue weighted by atomic mass is 10.0. The third-order valence-corrected chi connectivity index (χ3v) is 13.2. The van der Waals surface area contributed by atoms with Crippen molar-refractivity contribution in [1.82, 2.24) is 5.32 Å². The number of amides is 1. The van der Waals surface area contributed by atoms with Gasteiger partial charge in [0.1, 0.15) is 6.10 Å². The van der Waals surface area contributed by atoms with Crippen LogP contribution in [0.5, 0.6) is 0 Å². The zero-order valence-corrected chi connectivity index (χ0v) is 42.5. The van der Waals surface area contributed by atoms with Gasteiger partial charge in [-0.05, 0) is 51.4 Å².